The maximum Gasteiger partial charge on any atom is 0.172 e. The zero-order chi connectivity index (χ0) is 19.0. The van der Waals surface area contributed by atoms with Gasteiger partial charge in [-0.05, 0) is 62.6 Å². The quantitative estimate of drug-likeness (QED) is 0.463. The van der Waals surface area contributed by atoms with Crippen molar-refractivity contribution in [2.75, 3.05) is 20.3 Å². The summed E-state index contributed by atoms with van der Waals surface area (Å²) in [5.41, 5.74) is 5.37. The highest BCUT2D eigenvalue weighted by molar-refractivity contribution is 7.14. The Morgan fingerprint density at radius 2 is 1.88 bits per heavy atom. The van der Waals surface area contributed by atoms with Crippen LogP contribution in [0, 0.1) is 0 Å². The van der Waals surface area contributed by atoms with Gasteiger partial charge >= 0.3 is 0 Å². The van der Waals surface area contributed by atoms with E-state index in [-0.39, 0.29) is 12.4 Å². The summed E-state index contributed by atoms with van der Waals surface area (Å²) in [5, 5.41) is 9.20. The lowest BCUT2D eigenvalue weighted by Gasteiger charge is -2.20. The van der Waals surface area contributed by atoms with Crippen LogP contribution in [-0.4, -0.2) is 36.8 Å². The van der Waals surface area contributed by atoms with Crippen LogP contribution in [0.2, 0.25) is 0 Å². The normalized spacial score (nSPS) is 13.2. The third-order valence-electron chi connectivity index (χ3n) is 4.12. The topological polar surface area (TPSA) is 81.8 Å². The summed E-state index contributed by atoms with van der Waals surface area (Å²) in [6.07, 6.45) is 2.59. The van der Waals surface area contributed by atoms with Crippen molar-refractivity contribution < 1.29 is 19.4 Å². The molecule has 0 fully saturated rings. The van der Waals surface area contributed by atoms with Crippen LogP contribution >= 0.6 is 11.3 Å². The van der Waals surface area contributed by atoms with Crippen LogP contribution in [0.5, 0.6) is 11.5 Å². The lowest BCUT2D eigenvalue weighted by Crippen LogP contribution is -2.40. The highest BCUT2D eigenvalue weighted by Crippen LogP contribution is 2.22. The molecule has 6 heteroatoms. The Kier molecular flexibility index (Phi) is 7.63. The molecular formula is C20H27NO4S. The van der Waals surface area contributed by atoms with E-state index < -0.39 is 5.54 Å². The number of hydrogen-bond acceptors (Lipinski definition) is 6. The summed E-state index contributed by atoms with van der Waals surface area (Å²) in [6.45, 7) is 2.28. The number of rotatable bonds is 11. The number of ether oxygens (including phenoxy) is 2. The van der Waals surface area contributed by atoms with Gasteiger partial charge in [0.1, 0.15) is 11.5 Å². The Balaban J connectivity index is 1.72. The van der Waals surface area contributed by atoms with Gasteiger partial charge in [-0.25, -0.2) is 0 Å². The van der Waals surface area contributed by atoms with Gasteiger partial charge in [0.25, 0.3) is 0 Å². The van der Waals surface area contributed by atoms with E-state index in [2.05, 4.69) is 0 Å². The Morgan fingerprint density at radius 3 is 2.54 bits per heavy atom. The van der Waals surface area contributed by atoms with Crippen molar-refractivity contribution in [3.05, 3.63) is 46.2 Å². The van der Waals surface area contributed by atoms with Crippen LogP contribution in [0.15, 0.2) is 36.4 Å². The molecule has 0 aliphatic heterocycles. The van der Waals surface area contributed by atoms with Crippen LogP contribution < -0.4 is 15.2 Å². The number of hydrogen-bond donors (Lipinski definition) is 2. The summed E-state index contributed by atoms with van der Waals surface area (Å²) in [7, 11) is 1.62. The fraction of sp³-hybridized carbons (Fsp3) is 0.450. The molecule has 0 saturated carbocycles. The first-order valence-electron chi connectivity index (χ1n) is 8.72. The third kappa shape index (κ3) is 6.44. The van der Waals surface area contributed by atoms with Crippen LogP contribution in [-0.2, 0) is 6.42 Å². The monoisotopic (exact) mass is 377 g/mol. The first kappa shape index (κ1) is 20.4. The van der Waals surface area contributed by atoms with Gasteiger partial charge in [-0.2, -0.15) is 0 Å². The number of benzene rings is 1. The van der Waals surface area contributed by atoms with Crippen molar-refractivity contribution in [1.82, 2.24) is 0 Å². The molecule has 1 heterocycles. The molecule has 0 amide bonds. The standard InChI is InChI=1S/C20H27NO4S/c1-20(21,14-22)12-11-17-9-10-19(26-17)18(23)4-3-13-25-16-7-5-15(24-2)6-8-16/h5-10,22H,3-4,11-14,21H2,1-2H3. The van der Waals surface area contributed by atoms with E-state index in [1.165, 1.54) is 11.3 Å². The molecular weight excluding hydrogens is 350 g/mol. The molecule has 2 aromatic rings. The van der Waals surface area contributed by atoms with Crippen molar-refractivity contribution in [2.45, 2.75) is 38.1 Å². The SMILES string of the molecule is COc1ccc(OCCCC(=O)c2ccc(CCC(C)(N)CO)s2)cc1. The Morgan fingerprint density at radius 1 is 1.19 bits per heavy atom. The van der Waals surface area contributed by atoms with Gasteiger partial charge in [0, 0.05) is 16.8 Å². The second-order valence-electron chi connectivity index (χ2n) is 6.63. The van der Waals surface area contributed by atoms with Crippen molar-refractivity contribution in [3.63, 3.8) is 0 Å². The van der Waals surface area contributed by atoms with E-state index in [9.17, 15) is 9.90 Å². The van der Waals surface area contributed by atoms with Gasteiger partial charge in [0.2, 0.25) is 0 Å². The Labute approximate surface area is 158 Å². The highest BCUT2D eigenvalue weighted by atomic mass is 32.1. The van der Waals surface area contributed by atoms with Crippen LogP contribution in [0.4, 0.5) is 0 Å². The van der Waals surface area contributed by atoms with E-state index in [1.54, 1.807) is 7.11 Å². The van der Waals surface area contributed by atoms with Crippen molar-refractivity contribution in [1.29, 1.82) is 0 Å². The zero-order valence-corrected chi connectivity index (χ0v) is 16.2. The van der Waals surface area contributed by atoms with Gasteiger partial charge in [-0.3, -0.25) is 4.79 Å². The largest absolute Gasteiger partial charge is 0.497 e. The Hall–Kier alpha value is -1.89. The average Bonchev–Trinajstić information content (AvgIpc) is 3.13. The number of carbonyl (C=O) groups is 1. The molecule has 1 aromatic heterocycles. The number of thiophene rings is 1. The van der Waals surface area contributed by atoms with E-state index in [0.717, 1.165) is 27.7 Å². The smallest absolute Gasteiger partial charge is 0.172 e. The first-order valence-corrected chi connectivity index (χ1v) is 9.54. The van der Waals surface area contributed by atoms with Gasteiger partial charge in [0.15, 0.2) is 5.78 Å². The molecule has 3 N–H and O–H groups in total. The first-order chi connectivity index (χ1) is 12.4. The summed E-state index contributed by atoms with van der Waals surface area (Å²) >= 11 is 1.51. The molecule has 0 aliphatic rings. The van der Waals surface area contributed by atoms with Crippen molar-refractivity contribution >= 4 is 17.1 Å². The van der Waals surface area contributed by atoms with Gasteiger partial charge in [-0.1, -0.05) is 0 Å². The number of methoxy groups -OCH3 is 1. The molecule has 0 saturated heterocycles. The predicted molar refractivity (Wildman–Crippen MR) is 104 cm³/mol. The summed E-state index contributed by atoms with van der Waals surface area (Å²) in [5.74, 6) is 1.69. The summed E-state index contributed by atoms with van der Waals surface area (Å²) < 4.78 is 10.7. The van der Waals surface area contributed by atoms with E-state index in [1.807, 2.05) is 43.3 Å². The molecule has 26 heavy (non-hydrogen) atoms. The number of Topliss-reactive ketones (excluding diaryl/α,β-unsaturated/α-hetero) is 1. The average molecular weight is 378 g/mol. The minimum absolute atomic E-state index is 0.0433. The highest BCUT2D eigenvalue weighted by Gasteiger charge is 2.17. The second kappa shape index (κ2) is 9.71. The molecule has 5 nitrogen and oxygen atoms in total. The fourth-order valence-electron chi connectivity index (χ4n) is 2.37. The molecule has 2 rings (SSSR count). The summed E-state index contributed by atoms with van der Waals surface area (Å²) in [6, 6.07) is 11.2. The number of aliphatic hydroxyl groups excluding tert-OH is 1. The lowest BCUT2D eigenvalue weighted by molar-refractivity contribution is 0.0977. The third-order valence-corrected chi connectivity index (χ3v) is 5.30. The van der Waals surface area contributed by atoms with Crippen LogP contribution in [0.25, 0.3) is 0 Å². The maximum atomic E-state index is 12.3. The van der Waals surface area contributed by atoms with Gasteiger partial charge < -0.3 is 20.3 Å². The van der Waals surface area contributed by atoms with Gasteiger partial charge in [0.05, 0.1) is 25.2 Å². The van der Waals surface area contributed by atoms with Crippen LogP contribution in [0.3, 0.4) is 0 Å². The lowest BCUT2D eigenvalue weighted by atomic mass is 9.98. The molecule has 1 unspecified atom stereocenters. The van der Waals surface area contributed by atoms with Crippen molar-refractivity contribution in [2.24, 2.45) is 5.73 Å². The minimum atomic E-state index is -0.576. The summed E-state index contributed by atoms with van der Waals surface area (Å²) in [4.78, 5) is 14.2. The predicted octanol–water partition coefficient (Wildman–Crippen LogP) is 3.44. The second-order valence-corrected chi connectivity index (χ2v) is 7.80. The van der Waals surface area contributed by atoms with Crippen LogP contribution in [0.1, 0.15) is 40.7 Å². The fourth-order valence-corrected chi connectivity index (χ4v) is 3.34. The molecule has 142 valence electrons. The van der Waals surface area contributed by atoms with E-state index in [4.69, 9.17) is 15.2 Å². The zero-order valence-electron chi connectivity index (χ0n) is 15.4. The number of nitrogens with two attached hydrogens (primary N) is 1. The minimum Gasteiger partial charge on any atom is -0.497 e. The van der Waals surface area contributed by atoms with E-state index >= 15 is 0 Å². The number of ketones is 1. The molecule has 1 aromatic carbocycles. The maximum absolute atomic E-state index is 12.3. The molecule has 0 aliphatic carbocycles. The molecule has 0 bridgehead atoms. The molecule has 0 radical (unpaired) electrons. The van der Waals surface area contributed by atoms with E-state index in [0.29, 0.717) is 25.9 Å². The number of aliphatic hydroxyl groups is 1. The van der Waals surface area contributed by atoms with Gasteiger partial charge in [-0.15, -0.1) is 11.3 Å². The molecule has 0 spiro atoms. The van der Waals surface area contributed by atoms with Crippen molar-refractivity contribution in [3.8, 4) is 11.5 Å². The Bertz CT molecular complexity index is 694. The molecule has 1 atom stereocenters. The number of aryl methyl sites for hydroxylation is 1. The number of carbonyl (C=O) groups excluding carboxylic acids is 1.